The monoisotopic (exact) mass is 402 g/mol. The Balaban J connectivity index is 1.56. The van der Waals surface area contributed by atoms with Crippen LogP contribution in [0.25, 0.3) is 22.3 Å². The lowest BCUT2D eigenvalue weighted by atomic mass is 9.75. The standard InChI is InChI=1S/C25H30N4O/c1-17(2)29-24-22(15-26-29)21(14-23(27-24)19-9-4-3-5-10-19)25(30)28-13-12-18-8-6-7-11-20(18)16-28/h3-5,9-10,14-15,17-18,20H,6-8,11-13,16H2,1-2H3. The second kappa shape index (κ2) is 7.86. The summed E-state index contributed by atoms with van der Waals surface area (Å²) in [5.41, 5.74) is 3.39. The molecule has 3 aromatic rings. The van der Waals surface area contributed by atoms with Crippen molar-refractivity contribution in [1.29, 1.82) is 0 Å². The van der Waals surface area contributed by atoms with E-state index >= 15 is 0 Å². The van der Waals surface area contributed by atoms with Crippen LogP contribution >= 0.6 is 0 Å². The molecule has 2 aliphatic rings. The zero-order chi connectivity index (χ0) is 20.7. The van der Waals surface area contributed by atoms with Crippen LogP contribution in [0.15, 0.2) is 42.6 Å². The maximum atomic E-state index is 13.7. The number of nitrogens with zero attached hydrogens (tertiary/aromatic N) is 4. The van der Waals surface area contributed by atoms with E-state index < -0.39 is 0 Å². The molecule has 2 atom stereocenters. The SMILES string of the molecule is CC(C)n1ncc2c(C(=O)N3CCC4CCCCC4C3)cc(-c3ccccc3)nc21. The minimum absolute atomic E-state index is 0.131. The third-order valence-corrected chi connectivity index (χ3v) is 6.93. The van der Waals surface area contributed by atoms with Crippen LogP contribution in [0, 0.1) is 11.8 Å². The van der Waals surface area contributed by atoms with Crippen molar-refractivity contribution in [3.63, 3.8) is 0 Å². The van der Waals surface area contributed by atoms with Gasteiger partial charge in [-0.3, -0.25) is 4.79 Å². The third kappa shape index (κ3) is 3.40. The lowest BCUT2D eigenvalue weighted by molar-refractivity contribution is 0.0522. The number of piperidine rings is 1. The van der Waals surface area contributed by atoms with Crippen molar-refractivity contribution in [2.24, 2.45) is 11.8 Å². The van der Waals surface area contributed by atoms with Gasteiger partial charge in [0.1, 0.15) is 0 Å². The Morgan fingerprint density at radius 2 is 1.83 bits per heavy atom. The molecule has 5 rings (SSSR count). The summed E-state index contributed by atoms with van der Waals surface area (Å²) in [6, 6.07) is 12.3. The molecule has 1 saturated heterocycles. The Kier molecular flexibility index (Phi) is 5.05. The minimum atomic E-state index is 0.131. The van der Waals surface area contributed by atoms with Crippen LogP contribution < -0.4 is 0 Å². The predicted octanol–water partition coefficient (Wildman–Crippen LogP) is 5.33. The van der Waals surface area contributed by atoms with Gasteiger partial charge in [0.25, 0.3) is 5.91 Å². The molecule has 1 aliphatic carbocycles. The second-order valence-corrected chi connectivity index (χ2v) is 9.19. The van der Waals surface area contributed by atoms with E-state index in [1.165, 1.54) is 25.7 Å². The first-order chi connectivity index (χ1) is 14.6. The number of carbonyl (C=O) groups excluding carboxylic acids is 1. The van der Waals surface area contributed by atoms with Crippen LogP contribution in [0.5, 0.6) is 0 Å². The summed E-state index contributed by atoms with van der Waals surface area (Å²) in [6.07, 6.45) is 8.22. The summed E-state index contributed by atoms with van der Waals surface area (Å²) in [4.78, 5) is 20.7. The molecule has 0 radical (unpaired) electrons. The molecule has 2 unspecified atom stereocenters. The van der Waals surface area contributed by atoms with Crippen LogP contribution in [0.4, 0.5) is 0 Å². The van der Waals surface area contributed by atoms with Gasteiger partial charge in [0.05, 0.1) is 22.8 Å². The zero-order valence-electron chi connectivity index (χ0n) is 17.9. The number of aromatic nitrogens is 3. The van der Waals surface area contributed by atoms with E-state index in [1.807, 2.05) is 47.3 Å². The highest BCUT2D eigenvalue weighted by molar-refractivity contribution is 6.06. The number of carbonyl (C=O) groups is 1. The molecular weight excluding hydrogens is 372 g/mol. The Labute approximate surface area is 178 Å². The molecule has 156 valence electrons. The highest BCUT2D eigenvalue weighted by Gasteiger charge is 2.34. The van der Waals surface area contributed by atoms with Gasteiger partial charge in [0.15, 0.2) is 5.65 Å². The zero-order valence-corrected chi connectivity index (χ0v) is 17.9. The summed E-state index contributed by atoms with van der Waals surface area (Å²) < 4.78 is 1.92. The number of hydrogen-bond acceptors (Lipinski definition) is 3. The summed E-state index contributed by atoms with van der Waals surface area (Å²) in [5.74, 6) is 1.61. The summed E-state index contributed by atoms with van der Waals surface area (Å²) in [5, 5.41) is 5.43. The maximum Gasteiger partial charge on any atom is 0.254 e. The summed E-state index contributed by atoms with van der Waals surface area (Å²) >= 11 is 0. The van der Waals surface area contributed by atoms with Gasteiger partial charge in [0.2, 0.25) is 0 Å². The van der Waals surface area contributed by atoms with E-state index in [2.05, 4.69) is 23.8 Å². The molecule has 5 nitrogen and oxygen atoms in total. The van der Waals surface area contributed by atoms with Crippen LogP contribution in [-0.2, 0) is 0 Å². The van der Waals surface area contributed by atoms with Gasteiger partial charge in [0, 0.05) is 24.7 Å². The predicted molar refractivity (Wildman–Crippen MR) is 119 cm³/mol. The maximum absolute atomic E-state index is 13.7. The molecular formula is C25H30N4O. The van der Waals surface area contributed by atoms with Gasteiger partial charge in [-0.1, -0.05) is 49.6 Å². The smallest absolute Gasteiger partial charge is 0.254 e. The molecule has 5 heteroatoms. The fourth-order valence-corrected chi connectivity index (χ4v) is 5.29. The fourth-order valence-electron chi connectivity index (χ4n) is 5.29. The minimum Gasteiger partial charge on any atom is -0.338 e. The van der Waals surface area contributed by atoms with Gasteiger partial charge in [-0.25, -0.2) is 9.67 Å². The van der Waals surface area contributed by atoms with E-state index in [-0.39, 0.29) is 11.9 Å². The van der Waals surface area contributed by atoms with Crippen molar-refractivity contribution in [3.05, 3.63) is 48.2 Å². The number of benzene rings is 1. The average Bonchev–Trinajstić information content (AvgIpc) is 3.22. The average molecular weight is 403 g/mol. The van der Waals surface area contributed by atoms with Crippen LogP contribution in [-0.4, -0.2) is 38.7 Å². The Hall–Kier alpha value is -2.69. The Morgan fingerprint density at radius 1 is 1.07 bits per heavy atom. The van der Waals surface area contributed by atoms with Crippen molar-refractivity contribution >= 4 is 16.9 Å². The lowest BCUT2D eigenvalue weighted by Crippen LogP contribution is -2.44. The van der Waals surface area contributed by atoms with Gasteiger partial charge in [-0.05, 0) is 44.6 Å². The molecule has 1 aromatic carbocycles. The number of amides is 1. The van der Waals surface area contributed by atoms with E-state index in [0.717, 1.165) is 53.3 Å². The van der Waals surface area contributed by atoms with Gasteiger partial charge < -0.3 is 4.90 Å². The highest BCUT2D eigenvalue weighted by Crippen LogP contribution is 2.37. The van der Waals surface area contributed by atoms with Crippen LogP contribution in [0.1, 0.15) is 62.4 Å². The van der Waals surface area contributed by atoms with Crippen molar-refractivity contribution in [2.45, 2.75) is 52.0 Å². The van der Waals surface area contributed by atoms with Crippen LogP contribution in [0.3, 0.4) is 0 Å². The fraction of sp³-hybridized carbons (Fsp3) is 0.480. The van der Waals surface area contributed by atoms with Gasteiger partial charge in [-0.15, -0.1) is 0 Å². The molecule has 30 heavy (non-hydrogen) atoms. The highest BCUT2D eigenvalue weighted by atomic mass is 16.2. The van der Waals surface area contributed by atoms with Crippen LogP contribution in [0.2, 0.25) is 0 Å². The molecule has 0 bridgehead atoms. The van der Waals surface area contributed by atoms with E-state index in [0.29, 0.717) is 5.92 Å². The van der Waals surface area contributed by atoms with Gasteiger partial charge >= 0.3 is 0 Å². The summed E-state index contributed by atoms with van der Waals surface area (Å²) in [7, 11) is 0. The second-order valence-electron chi connectivity index (χ2n) is 9.19. The van der Waals surface area contributed by atoms with E-state index in [4.69, 9.17) is 4.98 Å². The first kappa shape index (κ1) is 19.3. The molecule has 1 saturated carbocycles. The molecule has 1 amide bonds. The molecule has 3 heterocycles. The molecule has 0 N–H and O–H groups in total. The Morgan fingerprint density at radius 3 is 2.60 bits per heavy atom. The van der Waals surface area contributed by atoms with E-state index in [9.17, 15) is 4.79 Å². The molecule has 0 spiro atoms. The molecule has 2 fully saturated rings. The van der Waals surface area contributed by atoms with Crippen molar-refractivity contribution in [3.8, 4) is 11.3 Å². The largest absolute Gasteiger partial charge is 0.338 e. The molecule has 1 aliphatic heterocycles. The van der Waals surface area contributed by atoms with Crippen molar-refractivity contribution < 1.29 is 4.79 Å². The number of fused-ring (bicyclic) bond motifs is 2. The van der Waals surface area contributed by atoms with E-state index in [1.54, 1.807) is 0 Å². The lowest BCUT2D eigenvalue weighted by Gasteiger charge is -2.41. The van der Waals surface area contributed by atoms with Crippen molar-refractivity contribution in [2.75, 3.05) is 13.1 Å². The summed E-state index contributed by atoms with van der Waals surface area (Å²) in [6.45, 7) is 5.95. The third-order valence-electron chi connectivity index (χ3n) is 6.93. The van der Waals surface area contributed by atoms with Crippen molar-refractivity contribution in [1.82, 2.24) is 19.7 Å². The topological polar surface area (TPSA) is 51.0 Å². The number of hydrogen-bond donors (Lipinski definition) is 0. The number of likely N-dealkylation sites (tertiary alicyclic amines) is 1. The number of pyridine rings is 1. The quantitative estimate of drug-likeness (QED) is 0.595. The van der Waals surface area contributed by atoms with Gasteiger partial charge in [-0.2, -0.15) is 5.10 Å². The first-order valence-electron chi connectivity index (χ1n) is 11.3. The normalized spacial score (nSPS) is 21.8. The number of rotatable bonds is 3. The molecule has 2 aromatic heterocycles. The first-order valence-corrected chi connectivity index (χ1v) is 11.3. The Bertz CT molecular complexity index is 1060.